The first-order chi connectivity index (χ1) is 15.2. The second-order valence-electron chi connectivity index (χ2n) is 8.31. The van der Waals surface area contributed by atoms with E-state index in [-0.39, 0.29) is 5.78 Å². The maximum absolute atomic E-state index is 12.1. The zero-order valence-electron chi connectivity index (χ0n) is 18.7. The Labute approximate surface area is 187 Å². The lowest BCUT2D eigenvalue weighted by Crippen LogP contribution is -1.99. The summed E-state index contributed by atoms with van der Waals surface area (Å²) in [6, 6.07) is 28.1. The van der Waals surface area contributed by atoms with Crippen molar-refractivity contribution in [3.63, 3.8) is 0 Å². The van der Waals surface area contributed by atoms with Crippen LogP contribution < -0.4 is 0 Å². The van der Waals surface area contributed by atoms with Crippen LogP contribution in [-0.2, 0) is 24.1 Å². The molecule has 0 aromatic heterocycles. The lowest BCUT2D eigenvalue weighted by Gasteiger charge is -2.12. The summed E-state index contributed by atoms with van der Waals surface area (Å²) in [4.78, 5) is 12.1. The Kier molecular flexibility index (Phi) is 9.32. The molecule has 0 N–H and O–H groups in total. The molecule has 0 heterocycles. The highest BCUT2D eigenvalue weighted by Gasteiger charge is 2.07. The highest BCUT2D eigenvalue weighted by molar-refractivity contribution is 5.89. The van der Waals surface area contributed by atoms with Gasteiger partial charge in [0.25, 0.3) is 0 Å². The summed E-state index contributed by atoms with van der Waals surface area (Å²) in [5.41, 5.74) is 6.66. The van der Waals surface area contributed by atoms with Crippen LogP contribution in [0.4, 0.5) is 0 Å². The van der Waals surface area contributed by atoms with Crippen LogP contribution in [0.25, 0.3) is 0 Å². The van der Waals surface area contributed by atoms with Crippen LogP contribution in [0.2, 0.25) is 0 Å². The maximum Gasteiger partial charge on any atom is 0.155 e. The molecule has 0 saturated heterocycles. The third-order valence-electron chi connectivity index (χ3n) is 5.68. The highest BCUT2D eigenvalue weighted by atomic mass is 16.1. The van der Waals surface area contributed by atoms with Gasteiger partial charge in [-0.25, -0.2) is 0 Å². The van der Waals surface area contributed by atoms with E-state index in [2.05, 4.69) is 85.8 Å². The number of carbonyl (C=O) groups is 1. The molecule has 0 radical (unpaired) electrons. The summed E-state index contributed by atoms with van der Waals surface area (Å²) in [6.45, 7) is 2.19. The molecular weight excluding hydrogens is 376 g/mol. The zero-order chi connectivity index (χ0) is 21.7. The summed E-state index contributed by atoms with van der Waals surface area (Å²) in [5.74, 6) is 0.251. The first-order valence-corrected chi connectivity index (χ1v) is 11.6. The van der Waals surface area contributed by atoms with Gasteiger partial charge in [-0.1, -0.05) is 111 Å². The highest BCUT2D eigenvalue weighted by Crippen LogP contribution is 2.20. The van der Waals surface area contributed by atoms with Crippen molar-refractivity contribution < 1.29 is 4.79 Å². The first kappa shape index (κ1) is 22.7. The van der Waals surface area contributed by atoms with E-state index in [0.717, 1.165) is 32.1 Å². The van der Waals surface area contributed by atoms with Gasteiger partial charge in [-0.15, -0.1) is 0 Å². The number of ketones is 1. The SMILES string of the molecule is CCCCCCC(=O)C=CCc1ccc(Cc2ccccc2)c(Cc2ccccc2)c1. The third-order valence-corrected chi connectivity index (χ3v) is 5.68. The number of benzene rings is 3. The molecule has 3 aromatic rings. The summed E-state index contributed by atoms with van der Waals surface area (Å²) in [7, 11) is 0. The normalized spacial score (nSPS) is 11.1. The van der Waals surface area contributed by atoms with Crippen molar-refractivity contribution in [2.24, 2.45) is 0 Å². The summed E-state index contributed by atoms with van der Waals surface area (Å²) in [5, 5.41) is 0. The van der Waals surface area contributed by atoms with Crippen LogP contribution in [0.1, 0.15) is 66.8 Å². The molecule has 0 unspecified atom stereocenters. The van der Waals surface area contributed by atoms with E-state index in [1.807, 2.05) is 6.08 Å². The standard InChI is InChI=1S/C30H34O/c1-2-3-4-11-18-30(31)19-12-17-27-20-21-28(22-25-13-7-5-8-14-25)29(24-27)23-26-15-9-6-10-16-26/h5-10,12-16,19-21,24H,2-4,11,17-18,22-23H2,1H3. The van der Waals surface area contributed by atoms with E-state index in [4.69, 9.17) is 0 Å². The number of unbranched alkanes of at least 4 members (excludes halogenated alkanes) is 3. The van der Waals surface area contributed by atoms with Crippen LogP contribution >= 0.6 is 0 Å². The van der Waals surface area contributed by atoms with Gasteiger partial charge in [0.2, 0.25) is 0 Å². The average Bonchev–Trinajstić information content (AvgIpc) is 2.80. The number of carbonyl (C=O) groups excluding carboxylic acids is 1. The Balaban J connectivity index is 1.69. The molecule has 31 heavy (non-hydrogen) atoms. The lowest BCUT2D eigenvalue weighted by atomic mass is 9.93. The molecule has 0 saturated carbocycles. The minimum Gasteiger partial charge on any atom is -0.295 e. The Bertz CT molecular complexity index is 954. The van der Waals surface area contributed by atoms with Crippen molar-refractivity contribution in [1.82, 2.24) is 0 Å². The van der Waals surface area contributed by atoms with Gasteiger partial charge in [0.1, 0.15) is 0 Å². The second kappa shape index (κ2) is 12.7. The maximum atomic E-state index is 12.1. The molecule has 3 aromatic carbocycles. The number of hydrogen-bond acceptors (Lipinski definition) is 1. The lowest BCUT2D eigenvalue weighted by molar-refractivity contribution is -0.114. The van der Waals surface area contributed by atoms with Crippen LogP contribution in [0, 0.1) is 0 Å². The summed E-state index contributed by atoms with van der Waals surface area (Å²) in [6.07, 6.45) is 11.7. The first-order valence-electron chi connectivity index (χ1n) is 11.6. The quantitative estimate of drug-likeness (QED) is 0.223. The number of hydrogen-bond donors (Lipinski definition) is 0. The minimum absolute atomic E-state index is 0.251. The fourth-order valence-corrected chi connectivity index (χ4v) is 3.91. The molecule has 0 amide bonds. The van der Waals surface area contributed by atoms with Gasteiger partial charge >= 0.3 is 0 Å². The van der Waals surface area contributed by atoms with E-state index in [9.17, 15) is 4.79 Å². The molecule has 0 aliphatic heterocycles. The fourth-order valence-electron chi connectivity index (χ4n) is 3.91. The van der Waals surface area contributed by atoms with E-state index in [1.54, 1.807) is 6.08 Å². The molecule has 1 heteroatoms. The van der Waals surface area contributed by atoms with Gasteiger partial charge in [0.05, 0.1) is 0 Å². The third kappa shape index (κ3) is 8.02. The van der Waals surface area contributed by atoms with E-state index < -0.39 is 0 Å². The van der Waals surface area contributed by atoms with Gasteiger partial charge in [0, 0.05) is 6.42 Å². The van der Waals surface area contributed by atoms with Crippen LogP contribution in [-0.4, -0.2) is 5.78 Å². The summed E-state index contributed by atoms with van der Waals surface area (Å²) < 4.78 is 0. The molecule has 0 fully saturated rings. The number of rotatable bonds is 12. The molecule has 160 valence electrons. The minimum atomic E-state index is 0.251. The van der Waals surface area contributed by atoms with Crippen molar-refractivity contribution >= 4 is 5.78 Å². The predicted octanol–water partition coefficient (Wildman–Crippen LogP) is 7.51. The fraction of sp³-hybridized carbons (Fsp3) is 0.300. The van der Waals surface area contributed by atoms with Gasteiger partial charge in [-0.2, -0.15) is 0 Å². The molecular formula is C30H34O. The van der Waals surface area contributed by atoms with Crippen LogP contribution in [0.5, 0.6) is 0 Å². The molecule has 0 bridgehead atoms. The van der Waals surface area contributed by atoms with E-state index >= 15 is 0 Å². The Morgan fingerprint density at radius 3 is 2.00 bits per heavy atom. The van der Waals surface area contributed by atoms with E-state index in [0.29, 0.717) is 6.42 Å². The van der Waals surface area contributed by atoms with Gasteiger partial charge in [0.15, 0.2) is 5.78 Å². The Hall–Kier alpha value is -2.93. The second-order valence-corrected chi connectivity index (χ2v) is 8.31. The molecule has 0 aliphatic carbocycles. The monoisotopic (exact) mass is 410 g/mol. The van der Waals surface area contributed by atoms with Gasteiger partial charge in [-0.05, 0) is 59.6 Å². The van der Waals surface area contributed by atoms with E-state index in [1.165, 1.54) is 40.7 Å². The van der Waals surface area contributed by atoms with Crippen molar-refractivity contribution in [2.45, 2.75) is 58.3 Å². The van der Waals surface area contributed by atoms with Crippen molar-refractivity contribution in [3.8, 4) is 0 Å². The molecule has 0 atom stereocenters. The smallest absolute Gasteiger partial charge is 0.155 e. The van der Waals surface area contributed by atoms with Crippen molar-refractivity contribution in [1.29, 1.82) is 0 Å². The van der Waals surface area contributed by atoms with Gasteiger partial charge in [-0.3, -0.25) is 4.79 Å². The zero-order valence-corrected chi connectivity index (χ0v) is 18.7. The van der Waals surface area contributed by atoms with Crippen molar-refractivity contribution in [2.75, 3.05) is 0 Å². The van der Waals surface area contributed by atoms with Crippen molar-refractivity contribution in [3.05, 3.63) is 119 Å². The molecule has 1 nitrogen and oxygen atoms in total. The molecule has 3 rings (SSSR count). The van der Waals surface area contributed by atoms with Crippen LogP contribution in [0.3, 0.4) is 0 Å². The van der Waals surface area contributed by atoms with Gasteiger partial charge < -0.3 is 0 Å². The largest absolute Gasteiger partial charge is 0.295 e. The Morgan fingerprint density at radius 2 is 1.35 bits per heavy atom. The topological polar surface area (TPSA) is 17.1 Å². The number of allylic oxidation sites excluding steroid dienone is 2. The summed E-state index contributed by atoms with van der Waals surface area (Å²) >= 11 is 0. The average molecular weight is 411 g/mol. The molecule has 0 aliphatic rings. The predicted molar refractivity (Wildman–Crippen MR) is 132 cm³/mol. The van der Waals surface area contributed by atoms with Crippen LogP contribution in [0.15, 0.2) is 91.0 Å². The Morgan fingerprint density at radius 1 is 0.710 bits per heavy atom. The molecule has 0 spiro atoms.